The van der Waals surface area contributed by atoms with Crippen LogP contribution in [0, 0.1) is 6.92 Å². The van der Waals surface area contributed by atoms with Crippen LogP contribution in [0.5, 0.6) is 0 Å². The van der Waals surface area contributed by atoms with Crippen LogP contribution in [-0.2, 0) is 0 Å². The van der Waals surface area contributed by atoms with Gasteiger partial charge in [-0.2, -0.15) is 0 Å². The van der Waals surface area contributed by atoms with Crippen LogP contribution in [0.3, 0.4) is 0 Å². The Hall–Kier alpha value is -1.36. The molecular weight excluding hydrogens is 246 g/mol. The fourth-order valence-corrected chi connectivity index (χ4v) is 1.27. The molecule has 0 saturated carbocycles. The van der Waals surface area contributed by atoms with E-state index in [2.05, 4.69) is 25.9 Å². The van der Waals surface area contributed by atoms with Gasteiger partial charge in [-0.15, -0.1) is 0 Å². The van der Waals surface area contributed by atoms with Crippen molar-refractivity contribution < 1.29 is 4.42 Å². The predicted octanol–water partition coefficient (Wildman–Crippen LogP) is 2.39. The fourth-order valence-electron chi connectivity index (χ4n) is 1.10. The summed E-state index contributed by atoms with van der Waals surface area (Å²) in [5.74, 6) is 1.55. The molecule has 72 valence electrons. The minimum Gasteiger partial charge on any atom is -0.461 e. The molecule has 0 aliphatic heterocycles. The third-order valence-corrected chi connectivity index (χ3v) is 2.76. The lowest BCUT2D eigenvalue weighted by molar-refractivity contribution is 0.577. The molecule has 5 heteroatoms. The summed E-state index contributed by atoms with van der Waals surface area (Å²) in [5, 5.41) is 0. The highest BCUT2D eigenvalue weighted by Crippen LogP contribution is 2.24. The van der Waals surface area contributed by atoms with Crippen molar-refractivity contribution in [2.24, 2.45) is 0 Å². The van der Waals surface area contributed by atoms with Crippen molar-refractivity contribution in [2.45, 2.75) is 6.92 Å². The lowest BCUT2D eigenvalue weighted by atomic mass is 10.3. The van der Waals surface area contributed by atoms with E-state index in [0.717, 1.165) is 10.2 Å². The van der Waals surface area contributed by atoms with Crippen LogP contribution >= 0.6 is 15.9 Å². The molecule has 0 aromatic carbocycles. The van der Waals surface area contributed by atoms with Crippen molar-refractivity contribution in [3.8, 4) is 11.6 Å². The smallest absolute Gasteiger partial charge is 0.197 e. The quantitative estimate of drug-likeness (QED) is 0.848. The number of nitrogen functional groups attached to an aromatic ring is 1. The number of furan rings is 1. The first-order valence-electron chi connectivity index (χ1n) is 4.02. The van der Waals surface area contributed by atoms with E-state index >= 15 is 0 Å². The van der Waals surface area contributed by atoms with Crippen molar-refractivity contribution in [1.82, 2.24) is 9.97 Å². The Kier molecular flexibility index (Phi) is 2.25. The third-order valence-electron chi connectivity index (χ3n) is 1.78. The van der Waals surface area contributed by atoms with E-state index in [9.17, 15) is 0 Å². The zero-order chi connectivity index (χ0) is 10.1. The molecule has 2 heterocycles. The lowest BCUT2D eigenvalue weighted by Gasteiger charge is -2.03. The number of anilines is 1. The highest BCUT2D eigenvalue weighted by molar-refractivity contribution is 9.10. The van der Waals surface area contributed by atoms with Crippen molar-refractivity contribution in [3.05, 3.63) is 28.6 Å². The number of hydrogen-bond donors (Lipinski definition) is 1. The number of aromatic nitrogens is 2. The largest absolute Gasteiger partial charge is 0.461 e. The maximum Gasteiger partial charge on any atom is 0.197 e. The minimum absolute atomic E-state index is 0.420. The molecule has 14 heavy (non-hydrogen) atoms. The van der Waals surface area contributed by atoms with Crippen molar-refractivity contribution >= 4 is 21.7 Å². The Bertz CT molecular complexity index is 430. The van der Waals surface area contributed by atoms with Gasteiger partial charge in [-0.25, -0.2) is 9.97 Å². The first-order chi connectivity index (χ1) is 6.68. The van der Waals surface area contributed by atoms with Gasteiger partial charge in [0, 0.05) is 0 Å². The van der Waals surface area contributed by atoms with Gasteiger partial charge in [0.25, 0.3) is 0 Å². The van der Waals surface area contributed by atoms with Gasteiger partial charge in [0.15, 0.2) is 11.6 Å². The highest BCUT2D eigenvalue weighted by atomic mass is 79.9. The molecule has 0 radical (unpaired) electrons. The Morgan fingerprint density at radius 3 is 2.79 bits per heavy atom. The number of halogens is 1. The second kappa shape index (κ2) is 3.42. The molecule has 0 atom stereocenters. The van der Waals surface area contributed by atoms with E-state index in [0.29, 0.717) is 17.4 Å². The molecule has 2 aromatic heterocycles. The average Bonchev–Trinajstić information content (AvgIpc) is 2.66. The van der Waals surface area contributed by atoms with E-state index in [1.54, 1.807) is 18.4 Å². The molecule has 2 rings (SSSR count). The van der Waals surface area contributed by atoms with Gasteiger partial charge in [-0.3, -0.25) is 0 Å². The predicted molar refractivity (Wildman–Crippen MR) is 56.6 cm³/mol. The summed E-state index contributed by atoms with van der Waals surface area (Å²) in [5.41, 5.74) is 6.48. The molecule has 0 bridgehead atoms. The number of rotatable bonds is 1. The number of aryl methyl sites for hydroxylation is 1. The lowest BCUT2D eigenvalue weighted by Crippen LogP contribution is -1.99. The molecule has 4 nitrogen and oxygen atoms in total. The molecule has 0 amide bonds. The summed E-state index contributed by atoms with van der Waals surface area (Å²) in [4.78, 5) is 8.35. The Morgan fingerprint density at radius 2 is 2.21 bits per heavy atom. The van der Waals surface area contributed by atoms with Crippen LogP contribution in [0.25, 0.3) is 11.6 Å². The molecule has 2 N–H and O–H groups in total. The first kappa shape index (κ1) is 9.21. The second-order valence-corrected chi connectivity index (χ2v) is 3.60. The van der Waals surface area contributed by atoms with E-state index < -0.39 is 0 Å². The third kappa shape index (κ3) is 1.50. The number of nitrogens with two attached hydrogens (primary N) is 1. The normalized spacial score (nSPS) is 10.4. The van der Waals surface area contributed by atoms with E-state index in [-0.39, 0.29) is 0 Å². The summed E-state index contributed by atoms with van der Waals surface area (Å²) >= 11 is 3.30. The van der Waals surface area contributed by atoms with Crippen LogP contribution in [-0.4, -0.2) is 9.97 Å². The monoisotopic (exact) mass is 253 g/mol. The zero-order valence-electron chi connectivity index (χ0n) is 7.49. The molecule has 0 aliphatic carbocycles. The van der Waals surface area contributed by atoms with Gasteiger partial charge in [0.1, 0.15) is 5.82 Å². The van der Waals surface area contributed by atoms with Crippen molar-refractivity contribution in [1.29, 1.82) is 0 Å². The number of nitrogens with zero attached hydrogens (tertiary/aromatic N) is 2. The average molecular weight is 254 g/mol. The second-order valence-electron chi connectivity index (χ2n) is 2.81. The van der Waals surface area contributed by atoms with Gasteiger partial charge in [0.05, 0.1) is 16.4 Å². The van der Waals surface area contributed by atoms with Crippen LogP contribution in [0.1, 0.15) is 5.69 Å². The molecule has 0 unspecified atom stereocenters. The molecule has 2 aromatic rings. The highest BCUT2D eigenvalue weighted by Gasteiger charge is 2.09. The topological polar surface area (TPSA) is 64.9 Å². The maximum absolute atomic E-state index is 5.69. The summed E-state index contributed by atoms with van der Waals surface area (Å²) in [6.45, 7) is 1.86. The summed E-state index contributed by atoms with van der Waals surface area (Å²) < 4.78 is 5.90. The van der Waals surface area contributed by atoms with E-state index in [1.165, 1.54) is 0 Å². The molecule has 0 spiro atoms. The Labute approximate surface area is 89.3 Å². The van der Waals surface area contributed by atoms with E-state index in [4.69, 9.17) is 10.2 Å². The van der Waals surface area contributed by atoms with Gasteiger partial charge in [0.2, 0.25) is 0 Å². The SMILES string of the molecule is Cc1nc(-c2ccco2)nc(N)c1Br. The van der Waals surface area contributed by atoms with Gasteiger partial charge in [-0.1, -0.05) is 0 Å². The van der Waals surface area contributed by atoms with Gasteiger partial charge >= 0.3 is 0 Å². The van der Waals surface area contributed by atoms with Crippen LogP contribution in [0.15, 0.2) is 27.3 Å². The van der Waals surface area contributed by atoms with Crippen molar-refractivity contribution in [2.75, 3.05) is 5.73 Å². The van der Waals surface area contributed by atoms with Crippen molar-refractivity contribution in [3.63, 3.8) is 0 Å². The summed E-state index contributed by atoms with van der Waals surface area (Å²) in [6, 6.07) is 3.58. The Morgan fingerprint density at radius 1 is 1.43 bits per heavy atom. The first-order valence-corrected chi connectivity index (χ1v) is 4.81. The van der Waals surface area contributed by atoms with Crippen LogP contribution in [0.4, 0.5) is 5.82 Å². The zero-order valence-corrected chi connectivity index (χ0v) is 9.08. The summed E-state index contributed by atoms with van der Waals surface area (Å²) in [6.07, 6.45) is 1.58. The molecular formula is C9H8BrN3O. The molecule has 0 aliphatic rings. The Balaban J connectivity index is 2.57. The molecule has 0 saturated heterocycles. The van der Waals surface area contributed by atoms with Gasteiger partial charge < -0.3 is 10.2 Å². The van der Waals surface area contributed by atoms with Gasteiger partial charge in [-0.05, 0) is 35.0 Å². The minimum atomic E-state index is 0.420. The molecule has 0 fully saturated rings. The fraction of sp³-hybridized carbons (Fsp3) is 0.111. The van der Waals surface area contributed by atoms with Crippen LogP contribution in [0.2, 0.25) is 0 Å². The number of hydrogen-bond acceptors (Lipinski definition) is 4. The standard InChI is InChI=1S/C9H8BrN3O/c1-5-7(10)8(11)13-9(12-5)6-3-2-4-14-6/h2-4H,1H3,(H2,11,12,13). The maximum atomic E-state index is 5.69. The van der Waals surface area contributed by atoms with E-state index in [1.807, 2.05) is 6.92 Å². The summed E-state index contributed by atoms with van der Waals surface area (Å²) in [7, 11) is 0. The van der Waals surface area contributed by atoms with Crippen LogP contribution < -0.4 is 5.73 Å².